The van der Waals surface area contributed by atoms with Crippen LogP contribution in [-0.2, 0) is 17.6 Å². The minimum absolute atomic E-state index is 0.121. The Morgan fingerprint density at radius 1 is 1.30 bits per heavy atom. The van der Waals surface area contributed by atoms with Crippen LogP contribution in [0, 0.1) is 0 Å². The molecule has 0 amide bonds. The van der Waals surface area contributed by atoms with Crippen molar-refractivity contribution in [1.29, 1.82) is 0 Å². The van der Waals surface area contributed by atoms with Crippen molar-refractivity contribution in [2.75, 3.05) is 6.61 Å². The Hall–Kier alpha value is -1.81. The summed E-state index contributed by atoms with van der Waals surface area (Å²) in [6.07, 6.45) is 2.99. The van der Waals surface area contributed by atoms with Gasteiger partial charge in [0.2, 0.25) is 0 Å². The third kappa shape index (κ3) is 1.83. The van der Waals surface area contributed by atoms with Crippen LogP contribution in [0.5, 0.6) is 0 Å². The minimum Gasteiger partial charge on any atom is -0.463 e. The summed E-state index contributed by atoms with van der Waals surface area (Å²) in [6, 6.07) is 9.13. The molecular formula is C16H16N2OS. The van der Waals surface area contributed by atoms with Crippen molar-refractivity contribution in [2.45, 2.75) is 24.8 Å². The van der Waals surface area contributed by atoms with Crippen LogP contribution in [0.1, 0.15) is 17.5 Å². The molecule has 1 spiro atoms. The van der Waals surface area contributed by atoms with Gasteiger partial charge in [0.15, 0.2) is 0 Å². The largest absolute Gasteiger partial charge is 0.463 e. The zero-order valence-electron chi connectivity index (χ0n) is 11.1. The summed E-state index contributed by atoms with van der Waals surface area (Å²) >= 11 is 1.75. The molecule has 0 bridgehead atoms. The van der Waals surface area contributed by atoms with E-state index >= 15 is 0 Å². The first-order chi connectivity index (χ1) is 9.76. The van der Waals surface area contributed by atoms with Crippen LogP contribution in [0.3, 0.4) is 0 Å². The number of ether oxygens (including phenoxy) is 1. The SMILES string of the molecule is NC1=N[C@]2(CCc3c(cccc3-c3ccsc3)C2)CO1. The number of fused-ring (bicyclic) bond motifs is 1. The summed E-state index contributed by atoms with van der Waals surface area (Å²) in [4.78, 5) is 4.55. The summed E-state index contributed by atoms with van der Waals surface area (Å²) < 4.78 is 5.39. The molecule has 1 aliphatic carbocycles. The van der Waals surface area contributed by atoms with E-state index in [-0.39, 0.29) is 5.54 Å². The number of hydrogen-bond donors (Lipinski definition) is 1. The van der Waals surface area contributed by atoms with Gasteiger partial charge in [-0.05, 0) is 51.9 Å². The van der Waals surface area contributed by atoms with Crippen LogP contribution in [0.15, 0.2) is 40.0 Å². The number of benzene rings is 1. The molecule has 1 atom stereocenters. The number of rotatable bonds is 1. The Bertz CT molecular complexity index is 678. The molecule has 3 nitrogen and oxygen atoms in total. The van der Waals surface area contributed by atoms with Gasteiger partial charge in [-0.2, -0.15) is 11.3 Å². The molecule has 20 heavy (non-hydrogen) atoms. The van der Waals surface area contributed by atoms with Gasteiger partial charge in [-0.25, -0.2) is 4.99 Å². The standard InChI is InChI=1S/C16H16N2OS/c17-15-18-16(10-19-15)6-4-14-11(8-16)2-1-3-13(14)12-5-7-20-9-12/h1-3,5,7,9H,4,6,8,10H2,(H2,17,18)/t16-/m0/s1. The Kier molecular flexibility index (Phi) is 2.60. The summed E-state index contributed by atoms with van der Waals surface area (Å²) in [7, 11) is 0. The van der Waals surface area contributed by atoms with Gasteiger partial charge < -0.3 is 10.5 Å². The van der Waals surface area contributed by atoms with Crippen LogP contribution in [0.4, 0.5) is 0 Å². The molecule has 2 N–H and O–H groups in total. The van der Waals surface area contributed by atoms with E-state index in [1.165, 1.54) is 22.3 Å². The number of aliphatic imine (C=N–C) groups is 1. The van der Waals surface area contributed by atoms with E-state index in [9.17, 15) is 0 Å². The number of hydrogen-bond acceptors (Lipinski definition) is 4. The lowest BCUT2D eigenvalue weighted by molar-refractivity contribution is 0.235. The van der Waals surface area contributed by atoms with Crippen molar-refractivity contribution in [3.05, 3.63) is 46.2 Å². The van der Waals surface area contributed by atoms with E-state index in [1.807, 2.05) is 0 Å². The van der Waals surface area contributed by atoms with E-state index in [0.717, 1.165) is 19.3 Å². The molecule has 1 aromatic heterocycles. The van der Waals surface area contributed by atoms with Crippen LogP contribution >= 0.6 is 11.3 Å². The van der Waals surface area contributed by atoms with Gasteiger partial charge in [0.25, 0.3) is 6.02 Å². The first kappa shape index (κ1) is 12.0. The lowest BCUT2D eigenvalue weighted by Gasteiger charge is -2.31. The summed E-state index contributed by atoms with van der Waals surface area (Å²) in [5.74, 6) is 0. The van der Waals surface area contributed by atoms with Gasteiger partial charge in [0.05, 0.1) is 0 Å². The van der Waals surface area contributed by atoms with E-state index in [0.29, 0.717) is 12.6 Å². The highest BCUT2D eigenvalue weighted by atomic mass is 32.1. The smallest absolute Gasteiger partial charge is 0.282 e. The fraction of sp³-hybridized carbons (Fsp3) is 0.312. The maximum atomic E-state index is 5.70. The number of amidine groups is 1. The molecule has 0 fully saturated rings. The zero-order chi connectivity index (χ0) is 13.6. The Balaban J connectivity index is 1.76. The van der Waals surface area contributed by atoms with Gasteiger partial charge in [0, 0.05) is 6.42 Å². The average molecular weight is 284 g/mol. The number of thiophene rings is 1. The molecule has 0 unspecified atom stereocenters. The quantitative estimate of drug-likeness (QED) is 0.875. The second kappa shape index (κ2) is 4.35. The van der Waals surface area contributed by atoms with Crippen molar-refractivity contribution < 1.29 is 4.74 Å². The van der Waals surface area contributed by atoms with E-state index in [1.54, 1.807) is 11.3 Å². The highest BCUT2D eigenvalue weighted by Crippen LogP contribution is 2.39. The minimum atomic E-state index is -0.121. The predicted octanol–water partition coefficient (Wildman–Crippen LogP) is 2.99. The van der Waals surface area contributed by atoms with E-state index in [2.05, 4.69) is 40.0 Å². The normalized spacial score (nSPS) is 24.3. The first-order valence-electron chi connectivity index (χ1n) is 6.87. The fourth-order valence-corrected chi connectivity index (χ4v) is 3.97. The second-order valence-corrected chi connectivity index (χ2v) is 6.38. The van der Waals surface area contributed by atoms with Crippen LogP contribution in [0.25, 0.3) is 11.1 Å². The predicted molar refractivity (Wildman–Crippen MR) is 82.1 cm³/mol. The Labute approximate surface area is 122 Å². The summed E-state index contributed by atoms with van der Waals surface area (Å²) in [5.41, 5.74) is 11.1. The van der Waals surface area contributed by atoms with Gasteiger partial charge in [0.1, 0.15) is 12.1 Å². The van der Waals surface area contributed by atoms with Gasteiger partial charge >= 0.3 is 0 Å². The maximum absolute atomic E-state index is 5.70. The molecule has 2 aromatic rings. The maximum Gasteiger partial charge on any atom is 0.282 e. The lowest BCUT2D eigenvalue weighted by atomic mass is 9.77. The second-order valence-electron chi connectivity index (χ2n) is 5.60. The van der Waals surface area contributed by atoms with Crippen molar-refractivity contribution in [1.82, 2.24) is 0 Å². The fourth-order valence-electron chi connectivity index (χ4n) is 3.31. The van der Waals surface area contributed by atoms with Crippen LogP contribution < -0.4 is 5.73 Å². The first-order valence-corrected chi connectivity index (χ1v) is 7.82. The third-order valence-corrected chi connectivity index (χ3v) is 4.98. The van der Waals surface area contributed by atoms with E-state index < -0.39 is 0 Å². The molecular weight excluding hydrogens is 268 g/mol. The van der Waals surface area contributed by atoms with Crippen LogP contribution in [0.2, 0.25) is 0 Å². The Morgan fingerprint density at radius 2 is 2.25 bits per heavy atom. The van der Waals surface area contributed by atoms with E-state index in [4.69, 9.17) is 10.5 Å². The highest BCUT2D eigenvalue weighted by Gasteiger charge is 2.39. The molecule has 0 radical (unpaired) electrons. The zero-order valence-corrected chi connectivity index (χ0v) is 12.0. The summed E-state index contributed by atoms with van der Waals surface area (Å²) in [6.45, 7) is 0.626. The lowest BCUT2D eigenvalue weighted by Crippen LogP contribution is -2.35. The molecule has 2 heterocycles. The van der Waals surface area contributed by atoms with Crippen molar-refractivity contribution in [3.63, 3.8) is 0 Å². The van der Waals surface area contributed by atoms with Gasteiger partial charge in [-0.1, -0.05) is 18.2 Å². The highest BCUT2D eigenvalue weighted by molar-refractivity contribution is 7.08. The topological polar surface area (TPSA) is 47.6 Å². The molecule has 1 aromatic carbocycles. The summed E-state index contributed by atoms with van der Waals surface area (Å²) in [5, 5.41) is 4.35. The molecule has 102 valence electrons. The Morgan fingerprint density at radius 3 is 3.00 bits per heavy atom. The van der Waals surface area contributed by atoms with Crippen LogP contribution in [-0.4, -0.2) is 18.2 Å². The van der Waals surface area contributed by atoms with Crippen molar-refractivity contribution in [2.24, 2.45) is 10.7 Å². The number of nitrogens with two attached hydrogens (primary N) is 1. The molecule has 1 aliphatic heterocycles. The molecule has 0 saturated heterocycles. The molecule has 4 heteroatoms. The van der Waals surface area contributed by atoms with Crippen molar-refractivity contribution in [3.8, 4) is 11.1 Å². The molecule has 0 saturated carbocycles. The monoisotopic (exact) mass is 284 g/mol. The number of nitrogens with zero attached hydrogens (tertiary/aromatic N) is 1. The third-order valence-electron chi connectivity index (χ3n) is 4.30. The van der Waals surface area contributed by atoms with Gasteiger partial charge in [-0.3, -0.25) is 0 Å². The average Bonchev–Trinajstić information content (AvgIpc) is 3.09. The van der Waals surface area contributed by atoms with Gasteiger partial charge in [-0.15, -0.1) is 0 Å². The van der Waals surface area contributed by atoms with Crippen molar-refractivity contribution >= 4 is 17.4 Å². The molecule has 4 rings (SSSR count). The molecule has 2 aliphatic rings.